The van der Waals surface area contributed by atoms with Gasteiger partial charge in [0.15, 0.2) is 17.4 Å². The van der Waals surface area contributed by atoms with Crippen molar-refractivity contribution in [3.05, 3.63) is 46.4 Å². The number of aryl methyl sites for hydroxylation is 1. The van der Waals surface area contributed by atoms with Gasteiger partial charge in [0.25, 0.3) is 0 Å². The number of ether oxygens (including phenoxy) is 1. The van der Waals surface area contributed by atoms with Crippen LogP contribution in [-0.4, -0.2) is 29.2 Å². The molecule has 1 aromatic carbocycles. The lowest BCUT2D eigenvalue weighted by atomic mass is 10.2. The van der Waals surface area contributed by atoms with Gasteiger partial charge in [0, 0.05) is 0 Å². The first kappa shape index (κ1) is 14.7. The third-order valence-electron chi connectivity index (χ3n) is 2.89. The lowest BCUT2D eigenvalue weighted by Gasteiger charge is -2.17. The number of nitrogens with zero attached hydrogens (tertiary/aromatic N) is 3. The van der Waals surface area contributed by atoms with Gasteiger partial charge >= 0.3 is 0 Å². The van der Waals surface area contributed by atoms with E-state index in [0.717, 1.165) is 0 Å². The van der Waals surface area contributed by atoms with Gasteiger partial charge in [-0.1, -0.05) is 17.7 Å². The van der Waals surface area contributed by atoms with Gasteiger partial charge in [0.05, 0.1) is 29.4 Å². The van der Waals surface area contributed by atoms with Gasteiger partial charge in [-0.05, 0) is 25.1 Å². The normalized spacial score (nSPS) is 14.2. The molecule has 2 heterocycles. The van der Waals surface area contributed by atoms with E-state index in [0.29, 0.717) is 30.2 Å². The van der Waals surface area contributed by atoms with Gasteiger partial charge in [0.1, 0.15) is 0 Å². The minimum atomic E-state index is -0.660. The molecular formula is C14H12ClFN4O2. The number of halogens is 2. The summed E-state index contributed by atoms with van der Waals surface area (Å²) in [7, 11) is 0. The molecule has 0 amide bonds. The minimum absolute atomic E-state index is 0.0319. The number of benzene rings is 1. The summed E-state index contributed by atoms with van der Waals surface area (Å²) in [5.74, 6) is -0.123. The Kier molecular flexibility index (Phi) is 4.17. The summed E-state index contributed by atoms with van der Waals surface area (Å²) in [6.07, 6.45) is 0. The maximum atomic E-state index is 14.0. The van der Waals surface area contributed by atoms with Crippen molar-refractivity contribution < 1.29 is 14.0 Å². The third-order valence-corrected chi connectivity index (χ3v) is 3.18. The summed E-state index contributed by atoms with van der Waals surface area (Å²) in [5, 5.41) is 7.86. The Bertz CT molecular complexity index is 739. The van der Waals surface area contributed by atoms with Crippen molar-refractivity contribution >= 4 is 17.4 Å². The van der Waals surface area contributed by atoms with Crippen molar-refractivity contribution in [2.45, 2.75) is 6.92 Å². The van der Waals surface area contributed by atoms with Crippen molar-refractivity contribution in [2.75, 3.05) is 13.2 Å². The number of hydrogen-bond acceptors (Lipinski definition) is 6. The molecule has 0 saturated heterocycles. The summed E-state index contributed by atoms with van der Waals surface area (Å²) in [4.78, 5) is 9.44. The second-order valence-electron chi connectivity index (χ2n) is 4.54. The molecule has 0 bridgehead atoms. The van der Waals surface area contributed by atoms with Gasteiger partial charge < -0.3 is 4.74 Å². The third kappa shape index (κ3) is 3.00. The SMILES string of the molecule is Cc1cc(C2=NCCON2)c(Oc2cccc(Cl)c2F)nn1. The number of hydrogen-bond donors (Lipinski definition) is 1. The predicted molar refractivity (Wildman–Crippen MR) is 78.7 cm³/mol. The molecule has 0 spiro atoms. The molecule has 0 saturated carbocycles. The van der Waals surface area contributed by atoms with E-state index in [4.69, 9.17) is 21.2 Å². The highest BCUT2D eigenvalue weighted by Gasteiger charge is 2.18. The minimum Gasteiger partial charge on any atom is -0.434 e. The van der Waals surface area contributed by atoms with Crippen molar-refractivity contribution in [3.8, 4) is 11.6 Å². The number of amidine groups is 1. The fourth-order valence-electron chi connectivity index (χ4n) is 1.88. The van der Waals surface area contributed by atoms with E-state index in [1.54, 1.807) is 19.1 Å². The van der Waals surface area contributed by atoms with Gasteiger partial charge in [-0.2, -0.15) is 5.10 Å². The van der Waals surface area contributed by atoms with E-state index >= 15 is 0 Å². The summed E-state index contributed by atoms with van der Waals surface area (Å²) >= 11 is 5.75. The molecule has 0 unspecified atom stereocenters. The van der Waals surface area contributed by atoms with Crippen LogP contribution in [0.15, 0.2) is 29.3 Å². The number of aromatic nitrogens is 2. The molecule has 0 atom stereocenters. The van der Waals surface area contributed by atoms with Crippen LogP contribution in [0.5, 0.6) is 11.6 Å². The maximum Gasteiger partial charge on any atom is 0.250 e. The number of aliphatic imine (C=N–C) groups is 1. The lowest BCUT2D eigenvalue weighted by Crippen LogP contribution is -2.31. The Balaban J connectivity index is 2.00. The van der Waals surface area contributed by atoms with Crippen molar-refractivity contribution in [3.63, 3.8) is 0 Å². The Hall–Kier alpha value is -2.25. The highest BCUT2D eigenvalue weighted by molar-refractivity contribution is 6.30. The van der Waals surface area contributed by atoms with E-state index in [9.17, 15) is 4.39 Å². The summed E-state index contributed by atoms with van der Waals surface area (Å²) < 4.78 is 19.5. The predicted octanol–water partition coefficient (Wildman–Crippen LogP) is 2.65. The molecule has 22 heavy (non-hydrogen) atoms. The molecular weight excluding hydrogens is 311 g/mol. The number of hydroxylamine groups is 1. The van der Waals surface area contributed by atoms with Crippen molar-refractivity contribution in [1.29, 1.82) is 0 Å². The van der Waals surface area contributed by atoms with Crippen LogP contribution in [-0.2, 0) is 4.84 Å². The van der Waals surface area contributed by atoms with E-state index in [2.05, 4.69) is 20.7 Å². The zero-order valence-electron chi connectivity index (χ0n) is 11.6. The molecule has 1 aromatic heterocycles. The first-order valence-corrected chi connectivity index (χ1v) is 6.92. The number of nitrogens with one attached hydrogen (secondary N) is 1. The molecule has 1 N–H and O–H groups in total. The standard InChI is InChI=1S/C14H12ClFN4O2/c1-8-7-9(13-17-5-6-21-20-13)14(19-18-8)22-11-4-2-3-10(15)12(11)16/h2-4,7H,5-6H2,1H3,(H,17,20). The van der Waals surface area contributed by atoms with Crippen LogP contribution >= 0.6 is 11.6 Å². The first-order chi connectivity index (χ1) is 10.6. The van der Waals surface area contributed by atoms with Crippen LogP contribution in [0.2, 0.25) is 5.02 Å². The first-order valence-electron chi connectivity index (χ1n) is 6.54. The topological polar surface area (TPSA) is 68.6 Å². The van der Waals surface area contributed by atoms with Gasteiger partial charge in [-0.15, -0.1) is 5.10 Å². The lowest BCUT2D eigenvalue weighted by molar-refractivity contribution is 0.0825. The highest BCUT2D eigenvalue weighted by Crippen LogP contribution is 2.29. The van der Waals surface area contributed by atoms with E-state index < -0.39 is 5.82 Å². The van der Waals surface area contributed by atoms with Crippen LogP contribution in [0.3, 0.4) is 0 Å². The molecule has 2 aromatic rings. The molecule has 0 aliphatic carbocycles. The fourth-order valence-corrected chi connectivity index (χ4v) is 2.05. The second kappa shape index (κ2) is 6.25. The molecule has 3 rings (SSSR count). The molecule has 0 radical (unpaired) electrons. The molecule has 1 aliphatic rings. The summed E-state index contributed by atoms with van der Waals surface area (Å²) in [6.45, 7) is 2.76. The summed E-state index contributed by atoms with van der Waals surface area (Å²) in [6, 6.07) is 6.21. The van der Waals surface area contributed by atoms with Crippen molar-refractivity contribution in [1.82, 2.24) is 15.7 Å². The van der Waals surface area contributed by atoms with E-state index in [1.807, 2.05) is 0 Å². The Morgan fingerprint density at radius 1 is 1.36 bits per heavy atom. The molecule has 1 aliphatic heterocycles. The molecule has 6 nitrogen and oxygen atoms in total. The molecule has 0 fully saturated rings. The average molecular weight is 323 g/mol. The van der Waals surface area contributed by atoms with E-state index in [1.165, 1.54) is 12.1 Å². The second-order valence-corrected chi connectivity index (χ2v) is 4.95. The van der Waals surface area contributed by atoms with Crippen LogP contribution < -0.4 is 10.2 Å². The molecule has 114 valence electrons. The van der Waals surface area contributed by atoms with Crippen molar-refractivity contribution in [2.24, 2.45) is 4.99 Å². The van der Waals surface area contributed by atoms with Gasteiger partial charge in [-0.3, -0.25) is 9.83 Å². The zero-order chi connectivity index (χ0) is 15.5. The largest absolute Gasteiger partial charge is 0.434 e. The number of rotatable bonds is 3. The fraction of sp³-hybridized carbons (Fsp3) is 0.214. The Morgan fingerprint density at radius 3 is 3.00 bits per heavy atom. The van der Waals surface area contributed by atoms with Crippen LogP contribution in [0.25, 0.3) is 0 Å². The smallest absolute Gasteiger partial charge is 0.250 e. The van der Waals surface area contributed by atoms with Gasteiger partial charge in [-0.25, -0.2) is 9.87 Å². The Labute approximate surface area is 130 Å². The van der Waals surface area contributed by atoms with Crippen LogP contribution in [0, 0.1) is 12.7 Å². The zero-order valence-corrected chi connectivity index (χ0v) is 12.4. The van der Waals surface area contributed by atoms with Gasteiger partial charge in [0.2, 0.25) is 5.88 Å². The Morgan fingerprint density at radius 2 is 2.23 bits per heavy atom. The maximum absolute atomic E-state index is 14.0. The molecule has 8 heteroatoms. The monoisotopic (exact) mass is 322 g/mol. The van der Waals surface area contributed by atoms with Crippen LogP contribution in [0.4, 0.5) is 4.39 Å². The average Bonchev–Trinajstić information content (AvgIpc) is 2.54. The highest BCUT2D eigenvalue weighted by atomic mass is 35.5. The summed E-state index contributed by atoms with van der Waals surface area (Å²) in [5.41, 5.74) is 3.90. The van der Waals surface area contributed by atoms with Crippen LogP contribution in [0.1, 0.15) is 11.3 Å². The quantitative estimate of drug-likeness (QED) is 0.941. The van der Waals surface area contributed by atoms with E-state index in [-0.39, 0.29) is 16.7 Å².